The van der Waals surface area contributed by atoms with Crippen molar-refractivity contribution in [1.82, 2.24) is 5.06 Å². The van der Waals surface area contributed by atoms with Crippen LogP contribution in [0, 0.1) is 0 Å². The van der Waals surface area contributed by atoms with Crippen LogP contribution in [0.5, 0.6) is 0 Å². The first-order chi connectivity index (χ1) is 9.38. The van der Waals surface area contributed by atoms with E-state index in [2.05, 4.69) is 0 Å². The van der Waals surface area contributed by atoms with Gasteiger partial charge in [-0.3, -0.25) is 14.6 Å². The molecule has 21 heavy (non-hydrogen) atoms. The van der Waals surface area contributed by atoms with Crippen molar-refractivity contribution in [2.24, 2.45) is 0 Å². The van der Waals surface area contributed by atoms with Gasteiger partial charge in [-0.15, -0.1) is 0 Å². The molecule has 6 nitrogen and oxygen atoms in total. The molecular formula is C13H21NNaO5P. The molecule has 8 heteroatoms. The Kier molecular flexibility index (Phi) is 10.4. The number of rotatable bonds is 8. The van der Waals surface area contributed by atoms with Crippen LogP contribution in [0.25, 0.3) is 0 Å². The van der Waals surface area contributed by atoms with Gasteiger partial charge in [-0.2, -0.15) is 0 Å². The summed E-state index contributed by atoms with van der Waals surface area (Å²) in [5.41, 5.74) is 1.13. The predicted molar refractivity (Wildman–Crippen MR) is 81.6 cm³/mol. The Morgan fingerprint density at radius 1 is 1.14 bits per heavy atom. The van der Waals surface area contributed by atoms with Crippen molar-refractivity contribution in [2.45, 2.75) is 25.7 Å². The predicted octanol–water partition coefficient (Wildman–Crippen LogP) is 1.15. The van der Waals surface area contributed by atoms with Crippen molar-refractivity contribution >= 4 is 43.1 Å². The van der Waals surface area contributed by atoms with E-state index < -0.39 is 13.5 Å². The minimum atomic E-state index is -4.06. The molecule has 0 saturated carbocycles. The molecule has 1 amide bonds. The number of hydrogen-bond donors (Lipinski definition) is 3. The van der Waals surface area contributed by atoms with Gasteiger partial charge in [0.25, 0.3) is 0 Å². The Labute approximate surface area is 146 Å². The summed E-state index contributed by atoms with van der Waals surface area (Å²) in [6, 6.07) is 9.72. The molecule has 1 aromatic rings. The van der Waals surface area contributed by atoms with Crippen LogP contribution >= 0.6 is 7.60 Å². The van der Waals surface area contributed by atoms with Crippen molar-refractivity contribution in [3.05, 3.63) is 35.9 Å². The zero-order valence-corrected chi connectivity index (χ0v) is 12.1. The fourth-order valence-corrected chi connectivity index (χ4v) is 2.32. The molecule has 114 valence electrons. The Hall–Kier alpha value is -0.200. The zero-order chi connectivity index (χ0) is 15.0. The summed E-state index contributed by atoms with van der Waals surface area (Å²) in [5.74, 6) is -0.424. The summed E-state index contributed by atoms with van der Waals surface area (Å²) in [6.45, 7) is -0.0602. The molecule has 0 atom stereocenters. The van der Waals surface area contributed by atoms with Gasteiger partial charge in [0.1, 0.15) is 0 Å². The van der Waals surface area contributed by atoms with Gasteiger partial charge in [0.2, 0.25) is 5.91 Å². The maximum absolute atomic E-state index is 11.6. The average molecular weight is 325 g/mol. The number of hydroxylamine groups is 2. The SMILES string of the molecule is O=C(CCCc1ccccc1)N(O)CCCP(=O)(O)O.[NaH]. The van der Waals surface area contributed by atoms with E-state index in [4.69, 9.17) is 9.79 Å². The number of benzene rings is 1. The first kappa shape index (κ1) is 20.8. The van der Waals surface area contributed by atoms with Crippen molar-refractivity contribution in [3.63, 3.8) is 0 Å². The summed E-state index contributed by atoms with van der Waals surface area (Å²) in [6.07, 6.45) is 1.33. The van der Waals surface area contributed by atoms with Crippen LogP contribution in [0.1, 0.15) is 24.8 Å². The van der Waals surface area contributed by atoms with Crippen LogP contribution in [0.3, 0.4) is 0 Å². The summed E-state index contributed by atoms with van der Waals surface area (Å²) in [7, 11) is -4.06. The van der Waals surface area contributed by atoms with Crippen LogP contribution < -0.4 is 0 Å². The molecule has 1 aromatic carbocycles. The normalized spacial score (nSPS) is 10.8. The third-order valence-corrected chi connectivity index (χ3v) is 3.70. The van der Waals surface area contributed by atoms with Crippen LogP contribution in [-0.2, 0) is 15.8 Å². The maximum atomic E-state index is 11.6. The third-order valence-electron chi connectivity index (χ3n) is 2.81. The molecule has 0 radical (unpaired) electrons. The van der Waals surface area contributed by atoms with Gasteiger partial charge in [-0.05, 0) is 24.8 Å². The second-order valence-electron chi connectivity index (χ2n) is 4.60. The Morgan fingerprint density at radius 3 is 2.33 bits per heavy atom. The molecule has 1 rings (SSSR count). The van der Waals surface area contributed by atoms with Crippen LogP contribution in [-0.4, -0.2) is 68.2 Å². The quantitative estimate of drug-likeness (QED) is 0.288. The van der Waals surface area contributed by atoms with Gasteiger partial charge in [-0.25, -0.2) is 5.06 Å². The molecule has 3 N–H and O–H groups in total. The van der Waals surface area contributed by atoms with E-state index >= 15 is 0 Å². The Morgan fingerprint density at radius 2 is 1.76 bits per heavy atom. The van der Waals surface area contributed by atoms with Gasteiger partial charge in [0, 0.05) is 13.0 Å². The molecule has 0 aromatic heterocycles. The zero-order valence-electron chi connectivity index (χ0n) is 11.2. The van der Waals surface area contributed by atoms with Gasteiger partial charge >= 0.3 is 37.2 Å². The summed E-state index contributed by atoms with van der Waals surface area (Å²) < 4.78 is 10.6. The first-order valence-electron chi connectivity index (χ1n) is 6.46. The molecular weight excluding hydrogens is 304 g/mol. The molecule has 0 aliphatic heterocycles. The fraction of sp³-hybridized carbons (Fsp3) is 0.462. The van der Waals surface area contributed by atoms with Gasteiger partial charge in [0.15, 0.2) is 0 Å². The number of hydrogen-bond acceptors (Lipinski definition) is 3. The van der Waals surface area contributed by atoms with Crippen molar-refractivity contribution < 1.29 is 24.4 Å². The standard InChI is InChI=1S/C13H20NO5P.Na.H/c15-13(14(16)10-5-11-20(17,18)19)9-4-8-12-6-2-1-3-7-12;;/h1-3,6-7,16H,4-5,8-11H2,(H2,17,18,19);;. The van der Waals surface area contributed by atoms with E-state index in [-0.39, 0.29) is 55.1 Å². The number of carbonyl (C=O) groups excluding carboxylic acids is 1. The molecule has 0 saturated heterocycles. The van der Waals surface area contributed by atoms with Crippen LogP contribution in [0.4, 0.5) is 0 Å². The molecule has 0 spiro atoms. The Balaban J connectivity index is 0.00000400. The molecule has 0 aliphatic rings. The molecule has 0 heterocycles. The molecule has 0 bridgehead atoms. The van der Waals surface area contributed by atoms with E-state index in [9.17, 15) is 14.6 Å². The second kappa shape index (κ2) is 10.5. The van der Waals surface area contributed by atoms with E-state index in [1.54, 1.807) is 0 Å². The first-order valence-corrected chi connectivity index (χ1v) is 8.26. The third kappa shape index (κ3) is 10.2. The average Bonchev–Trinajstić information content (AvgIpc) is 2.38. The van der Waals surface area contributed by atoms with Crippen molar-refractivity contribution in [2.75, 3.05) is 12.7 Å². The van der Waals surface area contributed by atoms with E-state index in [0.29, 0.717) is 11.5 Å². The van der Waals surface area contributed by atoms with Gasteiger partial charge in [-0.1, -0.05) is 30.3 Å². The number of aryl methyl sites for hydroxylation is 1. The number of carbonyl (C=O) groups is 1. The topological polar surface area (TPSA) is 98.1 Å². The minimum absolute atomic E-state index is 0. The van der Waals surface area contributed by atoms with E-state index in [1.165, 1.54) is 0 Å². The molecule has 0 fully saturated rings. The molecule has 0 aliphatic carbocycles. The summed E-state index contributed by atoms with van der Waals surface area (Å²) in [4.78, 5) is 28.9. The second-order valence-corrected chi connectivity index (χ2v) is 6.37. The monoisotopic (exact) mass is 325 g/mol. The van der Waals surface area contributed by atoms with Crippen molar-refractivity contribution in [3.8, 4) is 0 Å². The van der Waals surface area contributed by atoms with Gasteiger partial charge in [0.05, 0.1) is 6.16 Å². The van der Waals surface area contributed by atoms with Crippen LogP contribution in [0.2, 0.25) is 0 Å². The fourth-order valence-electron chi connectivity index (χ4n) is 1.77. The number of amides is 1. The number of nitrogens with zero attached hydrogens (tertiary/aromatic N) is 1. The van der Waals surface area contributed by atoms with Crippen LogP contribution in [0.15, 0.2) is 30.3 Å². The van der Waals surface area contributed by atoms with E-state index in [1.807, 2.05) is 30.3 Å². The Bertz CT molecular complexity index is 465. The van der Waals surface area contributed by atoms with Crippen molar-refractivity contribution in [1.29, 1.82) is 0 Å². The van der Waals surface area contributed by atoms with E-state index in [0.717, 1.165) is 12.0 Å². The summed E-state index contributed by atoms with van der Waals surface area (Å²) in [5, 5.41) is 9.98. The van der Waals surface area contributed by atoms with Gasteiger partial charge < -0.3 is 9.79 Å². The molecule has 0 unspecified atom stereocenters. The summed E-state index contributed by atoms with van der Waals surface area (Å²) >= 11 is 0.